The summed E-state index contributed by atoms with van der Waals surface area (Å²) < 4.78 is 47.4. The van der Waals surface area contributed by atoms with Gasteiger partial charge < -0.3 is 14.8 Å². The first-order valence-corrected chi connectivity index (χ1v) is 9.45. The molecule has 1 aliphatic heterocycles. The van der Waals surface area contributed by atoms with E-state index < -0.39 is 17.7 Å². The Balaban J connectivity index is 2.04. The second-order valence-electron chi connectivity index (χ2n) is 7.77. The second-order valence-corrected chi connectivity index (χ2v) is 7.77. The zero-order valence-corrected chi connectivity index (χ0v) is 17.3. The van der Waals surface area contributed by atoms with Crippen molar-refractivity contribution in [2.24, 2.45) is 0 Å². The maximum atomic E-state index is 12.5. The molecule has 1 amide bonds. The van der Waals surface area contributed by atoms with Crippen molar-refractivity contribution in [3.63, 3.8) is 0 Å². The monoisotopic (exact) mass is 443 g/mol. The van der Waals surface area contributed by atoms with Gasteiger partial charge in [0.25, 0.3) is 5.91 Å². The molecule has 0 fully saturated rings. The van der Waals surface area contributed by atoms with Crippen LogP contribution < -0.4 is 20.3 Å². The number of ether oxygens (including phenoxy) is 2. The summed E-state index contributed by atoms with van der Waals surface area (Å²) in [6, 6.07) is 9.07. The number of carbonyl (C=O) groups is 1. The topological polar surface area (TPSA) is 104 Å². The number of anilines is 1. The molecule has 7 nitrogen and oxygen atoms in total. The first kappa shape index (κ1) is 23.1. The highest BCUT2D eigenvalue weighted by Crippen LogP contribution is 2.45. The number of amides is 1. The number of fused-ring (bicyclic) bond motifs is 1. The van der Waals surface area contributed by atoms with E-state index >= 15 is 0 Å². The lowest BCUT2D eigenvalue weighted by Gasteiger charge is -2.19. The van der Waals surface area contributed by atoms with Crippen molar-refractivity contribution in [1.82, 2.24) is 5.48 Å². The number of carbonyl (C=O) groups excluding carboxylic acids is 1. The SMILES string of the molecule is BC1(B)Cc2c(C#N)c(NCC(=C)C(=O)NO)cc(-c3ccc(OC(F)(F)F)cc3)c2O1. The number of hydrogen-bond acceptors (Lipinski definition) is 6. The number of benzene rings is 2. The van der Waals surface area contributed by atoms with Gasteiger partial charge in [0.05, 0.1) is 11.3 Å². The van der Waals surface area contributed by atoms with E-state index in [2.05, 4.69) is 22.7 Å². The molecule has 0 aromatic heterocycles. The third-order valence-corrected chi connectivity index (χ3v) is 4.78. The predicted molar refractivity (Wildman–Crippen MR) is 115 cm³/mol. The summed E-state index contributed by atoms with van der Waals surface area (Å²) >= 11 is 0. The van der Waals surface area contributed by atoms with Gasteiger partial charge in [-0.1, -0.05) is 18.7 Å². The normalized spacial score (nSPS) is 14.0. The van der Waals surface area contributed by atoms with Gasteiger partial charge in [-0.15, -0.1) is 13.2 Å². The Hall–Kier alpha value is -3.58. The lowest BCUT2D eigenvalue weighted by molar-refractivity contribution is -0.274. The number of hydroxylamine groups is 1. The fraction of sp³-hybridized carbons (Fsp3) is 0.200. The third-order valence-electron chi connectivity index (χ3n) is 4.78. The van der Waals surface area contributed by atoms with Gasteiger partial charge in [0.15, 0.2) is 0 Å². The molecule has 0 aliphatic carbocycles. The fourth-order valence-electron chi connectivity index (χ4n) is 3.42. The van der Waals surface area contributed by atoms with E-state index in [1.807, 2.05) is 15.7 Å². The molecule has 0 bridgehead atoms. The molecule has 2 aromatic carbocycles. The van der Waals surface area contributed by atoms with Crippen LogP contribution in [0.25, 0.3) is 11.1 Å². The Morgan fingerprint density at radius 2 is 2.00 bits per heavy atom. The van der Waals surface area contributed by atoms with Crippen molar-refractivity contribution in [2.75, 3.05) is 11.9 Å². The average Bonchev–Trinajstić information content (AvgIpc) is 3.04. The van der Waals surface area contributed by atoms with Crippen molar-refractivity contribution in [3.05, 3.63) is 53.6 Å². The standard InChI is InChI=1S/C20H18B2F3N3O4/c1-10(18(29)28-30)9-27-16-6-13(11-2-4-12(5-3-11)31-20(23,24)25)17-14(15(16)8-26)7-19(21,22)32-17/h2-6,27,30H,1,7,9,21-22H2,(H,28,29). The number of halogens is 3. The van der Waals surface area contributed by atoms with Crippen molar-refractivity contribution in [2.45, 2.75) is 18.2 Å². The van der Waals surface area contributed by atoms with Crippen LogP contribution in [-0.4, -0.2) is 45.1 Å². The fourth-order valence-corrected chi connectivity index (χ4v) is 3.42. The lowest BCUT2D eigenvalue weighted by Crippen LogP contribution is -2.35. The molecule has 3 rings (SSSR count). The summed E-state index contributed by atoms with van der Waals surface area (Å²) in [6.07, 6.45) is -4.37. The molecular weight excluding hydrogens is 425 g/mol. The molecule has 0 radical (unpaired) electrons. The Labute approximate surface area is 183 Å². The Kier molecular flexibility index (Phi) is 6.14. The van der Waals surface area contributed by atoms with Crippen LogP contribution in [-0.2, 0) is 11.2 Å². The Morgan fingerprint density at radius 1 is 1.34 bits per heavy atom. The number of alkyl halides is 3. The smallest absolute Gasteiger partial charge is 0.504 e. The van der Waals surface area contributed by atoms with Crippen LogP contribution in [0.15, 0.2) is 42.5 Å². The molecule has 3 N–H and O–H groups in total. The minimum atomic E-state index is -4.80. The largest absolute Gasteiger partial charge is 0.573 e. The predicted octanol–water partition coefficient (Wildman–Crippen LogP) is 1.45. The first-order valence-electron chi connectivity index (χ1n) is 9.45. The summed E-state index contributed by atoms with van der Waals surface area (Å²) in [7, 11) is 3.72. The molecule has 0 saturated heterocycles. The van der Waals surface area contributed by atoms with Gasteiger partial charge in [0.2, 0.25) is 0 Å². The van der Waals surface area contributed by atoms with Gasteiger partial charge >= 0.3 is 6.36 Å². The molecule has 0 unspecified atom stereocenters. The number of hydrogen-bond donors (Lipinski definition) is 3. The highest BCUT2D eigenvalue weighted by Gasteiger charge is 2.35. The molecule has 0 atom stereocenters. The maximum Gasteiger partial charge on any atom is 0.573 e. The average molecular weight is 443 g/mol. The highest BCUT2D eigenvalue weighted by atomic mass is 19.4. The van der Waals surface area contributed by atoms with Gasteiger partial charge in [-0.05, 0) is 23.8 Å². The van der Waals surface area contributed by atoms with E-state index in [0.29, 0.717) is 40.1 Å². The van der Waals surface area contributed by atoms with Gasteiger partial charge in [0, 0.05) is 35.1 Å². The van der Waals surface area contributed by atoms with E-state index in [4.69, 9.17) is 9.94 Å². The Bertz CT molecular complexity index is 1110. The number of nitriles is 1. The number of nitrogens with zero attached hydrogens (tertiary/aromatic N) is 1. The van der Waals surface area contributed by atoms with Crippen molar-refractivity contribution in [1.29, 1.82) is 5.26 Å². The molecule has 12 heteroatoms. The van der Waals surface area contributed by atoms with E-state index in [0.717, 1.165) is 0 Å². The second kappa shape index (κ2) is 8.51. The van der Waals surface area contributed by atoms with Crippen LogP contribution in [0.1, 0.15) is 11.1 Å². The van der Waals surface area contributed by atoms with Crippen LogP contribution >= 0.6 is 0 Å². The van der Waals surface area contributed by atoms with E-state index in [1.54, 1.807) is 6.07 Å². The summed E-state index contributed by atoms with van der Waals surface area (Å²) in [6.45, 7) is 3.51. The van der Waals surface area contributed by atoms with Crippen LogP contribution in [0.3, 0.4) is 0 Å². The number of rotatable bonds is 6. The first-order chi connectivity index (χ1) is 14.9. The van der Waals surface area contributed by atoms with Gasteiger partial charge in [-0.2, -0.15) is 5.26 Å². The summed E-state index contributed by atoms with van der Waals surface area (Å²) in [5, 5.41) is 20.9. The maximum absolute atomic E-state index is 12.5. The van der Waals surface area contributed by atoms with E-state index in [9.17, 15) is 23.2 Å². The summed E-state index contributed by atoms with van der Waals surface area (Å²) in [5.74, 6) is -0.673. The summed E-state index contributed by atoms with van der Waals surface area (Å²) in [4.78, 5) is 11.5. The van der Waals surface area contributed by atoms with Crippen LogP contribution in [0.5, 0.6) is 11.5 Å². The van der Waals surface area contributed by atoms with Crippen molar-refractivity contribution < 1.29 is 32.6 Å². The van der Waals surface area contributed by atoms with Gasteiger partial charge in [-0.3, -0.25) is 10.0 Å². The Morgan fingerprint density at radius 3 is 2.56 bits per heavy atom. The highest BCUT2D eigenvalue weighted by molar-refractivity contribution is 6.39. The summed E-state index contributed by atoms with van der Waals surface area (Å²) in [5.41, 5.74) is 3.98. The van der Waals surface area contributed by atoms with E-state index in [-0.39, 0.29) is 17.9 Å². The van der Waals surface area contributed by atoms with Crippen LogP contribution in [0.2, 0.25) is 0 Å². The molecule has 0 spiro atoms. The number of nitrogens with one attached hydrogen (secondary N) is 2. The minimum Gasteiger partial charge on any atom is -0.504 e. The lowest BCUT2D eigenvalue weighted by atomic mass is 9.63. The molecule has 2 aromatic rings. The van der Waals surface area contributed by atoms with Gasteiger partial charge in [-0.25, -0.2) is 5.48 Å². The van der Waals surface area contributed by atoms with Crippen LogP contribution in [0, 0.1) is 11.3 Å². The molecule has 164 valence electrons. The zero-order valence-electron chi connectivity index (χ0n) is 17.3. The molecule has 1 heterocycles. The molecule has 32 heavy (non-hydrogen) atoms. The van der Waals surface area contributed by atoms with Gasteiger partial charge in [0.1, 0.15) is 33.3 Å². The van der Waals surface area contributed by atoms with Crippen LogP contribution in [0.4, 0.5) is 18.9 Å². The molecule has 0 saturated carbocycles. The van der Waals surface area contributed by atoms with Crippen molar-refractivity contribution >= 4 is 27.3 Å². The minimum absolute atomic E-state index is 0.0312. The van der Waals surface area contributed by atoms with E-state index in [1.165, 1.54) is 29.7 Å². The molecule has 1 aliphatic rings. The van der Waals surface area contributed by atoms with Crippen molar-refractivity contribution in [3.8, 4) is 28.7 Å². The third kappa shape index (κ3) is 5.00. The quantitative estimate of drug-likeness (QED) is 0.271. The zero-order chi connectivity index (χ0) is 23.7. The molecular formula is C20H18B2F3N3O4.